The first-order chi connectivity index (χ1) is 7.47. The van der Waals surface area contributed by atoms with Crippen molar-refractivity contribution in [1.82, 2.24) is 0 Å². The van der Waals surface area contributed by atoms with Gasteiger partial charge in [-0.1, -0.05) is 6.07 Å². The molecular formula is C13H19NO2. The van der Waals surface area contributed by atoms with Crippen LogP contribution in [0, 0.1) is 27.7 Å². The fourth-order valence-corrected chi connectivity index (χ4v) is 1.71. The van der Waals surface area contributed by atoms with Gasteiger partial charge in [0.05, 0.1) is 7.11 Å². The number of benzene rings is 1. The molecule has 0 radical (unpaired) electrons. The number of anilines is 1. The van der Waals surface area contributed by atoms with Crippen LogP contribution >= 0.6 is 0 Å². The molecule has 88 valence electrons. The molecule has 0 heterocycles. The van der Waals surface area contributed by atoms with Crippen LogP contribution in [0.4, 0.5) is 5.69 Å². The minimum Gasteiger partial charge on any atom is -0.468 e. The molecule has 1 rings (SSSR count). The van der Waals surface area contributed by atoms with Gasteiger partial charge in [0.1, 0.15) is 6.54 Å². The Kier molecular flexibility index (Phi) is 3.93. The van der Waals surface area contributed by atoms with E-state index in [1.54, 1.807) is 0 Å². The van der Waals surface area contributed by atoms with Gasteiger partial charge < -0.3 is 10.1 Å². The Morgan fingerprint density at radius 3 is 2.12 bits per heavy atom. The van der Waals surface area contributed by atoms with Crippen LogP contribution in [0.3, 0.4) is 0 Å². The number of nitrogens with one attached hydrogen (secondary N) is 1. The summed E-state index contributed by atoms with van der Waals surface area (Å²) in [5.74, 6) is -0.252. The summed E-state index contributed by atoms with van der Waals surface area (Å²) in [4.78, 5) is 11.1. The minimum absolute atomic E-state index is 0.209. The molecule has 0 fully saturated rings. The van der Waals surface area contributed by atoms with E-state index in [1.807, 2.05) is 0 Å². The third-order valence-electron chi connectivity index (χ3n) is 3.00. The highest BCUT2D eigenvalue weighted by molar-refractivity contribution is 5.76. The SMILES string of the molecule is COC(=O)CNc1c(C)c(C)cc(C)c1C. The number of hydrogen-bond donors (Lipinski definition) is 1. The van der Waals surface area contributed by atoms with Crippen LogP contribution in [0.1, 0.15) is 22.3 Å². The van der Waals surface area contributed by atoms with Gasteiger partial charge in [-0.05, 0) is 49.9 Å². The van der Waals surface area contributed by atoms with Gasteiger partial charge in [0, 0.05) is 5.69 Å². The summed E-state index contributed by atoms with van der Waals surface area (Å²) < 4.78 is 4.61. The summed E-state index contributed by atoms with van der Waals surface area (Å²) in [7, 11) is 1.39. The zero-order valence-corrected chi connectivity index (χ0v) is 10.6. The number of rotatable bonds is 3. The Morgan fingerprint density at radius 2 is 1.69 bits per heavy atom. The minimum atomic E-state index is -0.252. The Morgan fingerprint density at radius 1 is 1.19 bits per heavy atom. The van der Waals surface area contributed by atoms with Crippen LogP contribution in [0.2, 0.25) is 0 Å². The van der Waals surface area contributed by atoms with E-state index in [1.165, 1.54) is 29.4 Å². The van der Waals surface area contributed by atoms with E-state index in [9.17, 15) is 4.79 Å². The standard InChI is InChI=1S/C13H19NO2/c1-8-6-9(2)11(4)13(10(8)3)14-7-12(15)16-5/h6,14H,7H2,1-5H3. The fraction of sp³-hybridized carbons (Fsp3) is 0.462. The van der Waals surface area contributed by atoms with Crippen LogP contribution in [0.25, 0.3) is 0 Å². The third kappa shape index (κ3) is 2.54. The Hall–Kier alpha value is -1.51. The molecule has 0 atom stereocenters. The van der Waals surface area contributed by atoms with Gasteiger partial charge in [0.2, 0.25) is 0 Å². The first-order valence-electron chi connectivity index (χ1n) is 5.35. The predicted octanol–water partition coefficient (Wildman–Crippen LogP) is 2.51. The number of methoxy groups -OCH3 is 1. The molecule has 0 bridgehead atoms. The smallest absolute Gasteiger partial charge is 0.325 e. The summed E-state index contributed by atoms with van der Waals surface area (Å²) >= 11 is 0. The summed E-state index contributed by atoms with van der Waals surface area (Å²) in [5, 5.41) is 3.14. The number of ether oxygens (including phenoxy) is 1. The zero-order chi connectivity index (χ0) is 12.3. The van der Waals surface area contributed by atoms with Gasteiger partial charge in [-0.3, -0.25) is 4.79 Å². The summed E-state index contributed by atoms with van der Waals surface area (Å²) in [6.45, 7) is 8.47. The lowest BCUT2D eigenvalue weighted by atomic mass is 9.99. The predicted molar refractivity (Wildman–Crippen MR) is 65.9 cm³/mol. The van der Waals surface area contributed by atoms with E-state index in [2.05, 4.69) is 43.8 Å². The maximum atomic E-state index is 11.1. The van der Waals surface area contributed by atoms with E-state index >= 15 is 0 Å². The topological polar surface area (TPSA) is 38.3 Å². The van der Waals surface area contributed by atoms with Crippen molar-refractivity contribution in [3.8, 4) is 0 Å². The Balaban J connectivity index is 2.99. The summed E-state index contributed by atoms with van der Waals surface area (Å²) in [5.41, 5.74) is 5.88. The largest absolute Gasteiger partial charge is 0.468 e. The van der Waals surface area contributed by atoms with Gasteiger partial charge in [-0.25, -0.2) is 0 Å². The Labute approximate surface area is 96.8 Å². The van der Waals surface area contributed by atoms with Crippen LogP contribution in [-0.4, -0.2) is 19.6 Å². The summed E-state index contributed by atoms with van der Waals surface area (Å²) in [6.07, 6.45) is 0. The number of hydrogen-bond acceptors (Lipinski definition) is 3. The van der Waals surface area contributed by atoms with Crippen LogP contribution in [0.15, 0.2) is 6.07 Å². The number of carbonyl (C=O) groups excluding carboxylic acids is 1. The summed E-state index contributed by atoms with van der Waals surface area (Å²) in [6, 6.07) is 2.16. The van der Waals surface area contributed by atoms with Crippen molar-refractivity contribution in [2.75, 3.05) is 19.0 Å². The maximum Gasteiger partial charge on any atom is 0.325 e. The van der Waals surface area contributed by atoms with Crippen molar-refractivity contribution >= 4 is 11.7 Å². The lowest BCUT2D eigenvalue weighted by Crippen LogP contribution is -2.16. The van der Waals surface area contributed by atoms with Crippen molar-refractivity contribution in [2.24, 2.45) is 0 Å². The highest BCUT2D eigenvalue weighted by atomic mass is 16.5. The highest BCUT2D eigenvalue weighted by Crippen LogP contribution is 2.26. The maximum absolute atomic E-state index is 11.1. The number of aryl methyl sites for hydroxylation is 2. The first-order valence-corrected chi connectivity index (χ1v) is 5.35. The van der Waals surface area contributed by atoms with Gasteiger partial charge in [-0.2, -0.15) is 0 Å². The van der Waals surface area contributed by atoms with Crippen molar-refractivity contribution < 1.29 is 9.53 Å². The monoisotopic (exact) mass is 221 g/mol. The van der Waals surface area contributed by atoms with E-state index < -0.39 is 0 Å². The zero-order valence-electron chi connectivity index (χ0n) is 10.6. The van der Waals surface area contributed by atoms with Gasteiger partial charge in [0.15, 0.2) is 0 Å². The molecular weight excluding hydrogens is 202 g/mol. The molecule has 0 saturated heterocycles. The average Bonchev–Trinajstić information content (AvgIpc) is 2.26. The number of esters is 1. The van der Waals surface area contributed by atoms with E-state index in [-0.39, 0.29) is 12.5 Å². The molecule has 0 aliphatic carbocycles. The molecule has 0 saturated carbocycles. The van der Waals surface area contributed by atoms with Gasteiger partial charge in [0.25, 0.3) is 0 Å². The van der Waals surface area contributed by atoms with E-state index in [0.29, 0.717) is 0 Å². The van der Waals surface area contributed by atoms with Crippen LogP contribution < -0.4 is 5.32 Å². The van der Waals surface area contributed by atoms with Gasteiger partial charge in [-0.15, -0.1) is 0 Å². The second-order valence-corrected chi connectivity index (χ2v) is 4.07. The highest BCUT2D eigenvalue weighted by Gasteiger charge is 2.09. The Bertz CT molecular complexity index is 385. The molecule has 1 N–H and O–H groups in total. The number of carbonyl (C=O) groups is 1. The van der Waals surface area contributed by atoms with E-state index in [0.717, 1.165) is 5.69 Å². The second kappa shape index (κ2) is 5.01. The van der Waals surface area contributed by atoms with Crippen molar-refractivity contribution in [3.05, 3.63) is 28.3 Å². The normalized spacial score (nSPS) is 10.1. The van der Waals surface area contributed by atoms with E-state index in [4.69, 9.17) is 0 Å². The molecule has 0 unspecified atom stereocenters. The van der Waals surface area contributed by atoms with Crippen molar-refractivity contribution in [2.45, 2.75) is 27.7 Å². The molecule has 3 nitrogen and oxygen atoms in total. The van der Waals surface area contributed by atoms with Crippen molar-refractivity contribution in [1.29, 1.82) is 0 Å². The van der Waals surface area contributed by atoms with Crippen molar-refractivity contribution in [3.63, 3.8) is 0 Å². The van der Waals surface area contributed by atoms with Crippen LogP contribution in [0.5, 0.6) is 0 Å². The molecule has 0 amide bonds. The molecule has 0 aromatic heterocycles. The lowest BCUT2D eigenvalue weighted by molar-refractivity contribution is -0.138. The molecule has 0 aliphatic rings. The molecule has 1 aromatic rings. The second-order valence-electron chi connectivity index (χ2n) is 4.07. The van der Waals surface area contributed by atoms with Gasteiger partial charge >= 0.3 is 5.97 Å². The molecule has 1 aromatic carbocycles. The lowest BCUT2D eigenvalue weighted by Gasteiger charge is -2.16. The average molecular weight is 221 g/mol. The molecule has 0 aliphatic heterocycles. The quantitative estimate of drug-likeness (QED) is 0.797. The fourth-order valence-electron chi connectivity index (χ4n) is 1.71. The third-order valence-corrected chi connectivity index (χ3v) is 3.00. The molecule has 0 spiro atoms. The first kappa shape index (κ1) is 12.6. The molecule has 16 heavy (non-hydrogen) atoms. The molecule has 3 heteroatoms. The van der Waals surface area contributed by atoms with Crippen LogP contribution in [-0.2, 0) is 9.53 Å².